The maximum absolute atomic E-state index is 10.3. The van der Waals surface area contributed by atoms with E-state index in [2.05, 4.69) is 19.9 Å². The Hall–Kier alpha value is -0.830. The molecule has 0 amide bonds. The average molecular weight is 370 g/mol. The van der Waals surface area contributed by atoms with Crippen molar-refractivity contribution in [2.75, 3.05) is 0 Å². The number of hydrogen-bond acceptors (Lipinski definition) is 2. The molecular formula is C24H33O3+. The van der Waals surface area contributed by atoms with Gasteiger partial charge in [-0.3, -0.25) is 0 Å². The number of hydrogen-bond donors (Lipinski definition) is 1. The molecule has 27 heavy (non-hydrogen) atoms. The number of allylic oxidation sites excluding steroid dienone is 1. The molecule has 146 valence electrons. The second kappa shape index (κ2) is 4.50. The third-order valence-corrected chi connectivity index (χ3v) is 11.0. The van der Waals surface area contributed by atoms with Crippen LogP contribution in [0, 0.1) is 52.3 Å². The van der Waals surface area contributed by atoms with Crippen LogP contribution in [0.4, 0.5) is 0 Å². The van der Waals surface area contributed by atoms with Gasteiger partial charge in [0.2, 0.25) is 5.60 Å². The summed E-state index contributed by atoms with van der Waals surface area (Å²) in [6.45, 7) is 5.08. The van der Waals surface area contributed by atoms with E-state index in [9.17, 15) is 9.90 Å². The normalized spacial score (nSPS) is 64.7. The lowest BCUT2D eigenvalue weighted by Gasteiger charge is -2.59. The summed E-state index contributed by atoms with van der Waals surface area (Å²) in [6.07, 6.45) is 11.3. The first-order chi connectivity index (χ1) is 12.9. The molecule has 0 aromatic heterocycles. The first-order valence-electron chi connectivity index (χ1n) is 11.5. The van der Waals surface area contributed by atoms with Crippen LogP contribution in [0.2, 0.25) is 0 Å². The molecule has 6 aliphatic carbocycles. The summed E-state index contributed by atoms with van der Waals surface area (Å²) in [4.78, 5) is 10.2. The van der Waals surface area contributed by atoms with Crippen LogP contribution in [0.1, 0.15) is 65.2 Å². The Morgan fingerprint density at radius 3 is 2.70 bits per heavy atom. The Morgan fingerprint density at radius 1 is 1.07 bits per heavy atom. The van der Waals surface area contributed by atoms with Crippen molar-refractivity contribution in [2.45, 2.75) is 76.9 Å². The van der Waals surface area contributed by atoms with Gasteiger partial charge < -0.3 is 14.6 Å². The lowest BCUT2D eigenvalue weighted by molar-refractivity contribution is -0.137. The minimum atomic E-state index is -0.201. The molecule has 1 heterocycles. The molecule has 0 radical (unpaired) electrons. The van der Waals surface area contributed by atoms with Crippen molar-refractivity contribution in [2.24, 2.45) is 52.3 Å². The fraction of sp³-hybridized carbons (Fsp3) is 0.875. The van der Waals surface area contributed by atoms with Crippen LogP contribution >= 0.6 is 0 Å². The number of aliphatic hydroxyl groups is 1. The molecule has 5 saturated carbocycles. The molecule has 0 bridgehead atoms. The van der Waals surface area contributed by atoms with Gasteiger partial charge in [-0.25, -0.2) is 0 Å². The van der Waals surface area contributed by atoms with Crippen molar-refractivity contribution in [3.05, 3.63) is 11.6 Å². The summed E-state index contributed by atoms with van der Waals surface area (Å²) in [5.74, 6) is 5.93. The lowest BCUT2D eigenvalue weighted by Crippen LogP contribution is -2.57. The van der Waals surface area contributed by atoms with Crippen LogP contribution in [-0.2, 0) is 4.74 Å². The maximum atomic E-state index is 10.3. The summed E-state index contributed by atoms with van der Waals surface area (Å²) < 4.78 is 6.34. The van der Waals surface area contributed by atoms with Crippen LogP contribution in [-0.4, -0.2) is 27.6 Å². The van der Waals surface area contributed by atoms with E-state index in [-0.39, 0.29) is 17.1 Å². The van der Waals surface area contributed by atoms with E-state index in [1.807, 2.05) is 0 Å². The predicted octanol–water partition coefficient (Wildman–Crippen LogP) is 4.07. The van der Waals surface area contributed by atoms with Crippen molar-refractivity contribution in [3.8, 4) is 0 Å². The zero-order valence-electron chi connectivity index (χ0n) is 16.7. The average Bonchev–Trinajstić information content (AvgIpc) is 3.53. The highest BCUT2D eigenvalue weighted by molar-refractivity contribution is 5.74. The number of aliphatic hydroxyl groups excluding tert-OH is 1. The smallest absolute Gasteiger partial charge is 0.389 e. The summed E-state index contributed by atoms with van der Waals surface area (Å²) in [5, 5.41) is 10.3. The fourth-order valence-corrected chi connectivity index (χ4v) is 9.91. The Kier molecular flexibility index (Phi) is 2.67. The van der Waals surface area contributed by atoms with Crippen LogP contribution < -0.4 is 0 Å². The van der Waals surface area contributed by atoms with Gasteiger partial charge >= 0.3 is 5.97 Å². The third kappa shape index (κ3) is 1.63. The van der Waals surface area contributed by atoms with Crippen molar-refractivity contribution < 1.29 is 14.6 Å². The highest BCUT2D eigenvalue weighted by atomic mass is 16.6. The molecule has 1 unspecified atom stereocenters. The molecule has 7 rings (SSSR count). The molecular weight excluding hydrogens is 336 g/mol. The number of esters is 1. The Labute approximate surface area is 161 Å². The van der Waals surface area contributed by atoms with Gasteiger partial charge in [-0.05, 0) is 79.4 Å². The largest absolute Gasteiger partial charge is 0.483 e. The monoisotopic (exact) mass is 369 g/mol. The van der Waals surface area contributed by atoms with Crippen molar-refractivity contribution in [3.63, 3.8) is 0 Å². The molecule has 11 atom stereocenters. The van der Waals surface area contributed by atoms with Gasteiger partial charge in [-0.15, -0.1) is 0 Å². The van der Waals surface area contributed by atoms with E-state index in [0.717, 1.165) is 54.8 Å². The first-order valence-corrected chi connectivity index (χ1v) is 11.5. The van der Waals surface area contributed by atoms with E-state index in [1.165, 1.54) is 32.1 Å². The van der Waals surface area contributed by atoms with E-state index in [1.54, 1.807) is 5.57 Å². The summed E-state index contributed by atoms with van der Waals surface area (Å²) in [7, 11) is 0. The van der Waals surface area contributed by atoms with Gasteiger partial charge in [-0.1, -0.05) is 25.5 Å². The number of fused-ring (bicyclic) bond motifs is 12. The second-order valence-electron chi connectivity index (χ2n) is 11.7. The summed E-state index contributed by atoms with van der Waals surface area (Å²) in [5.41, 5.74) is 2.17. The lowest BCUT2D eigenvalue weighted by atomic mass is 9.45. The molecule has 3 heteroatoms. The summed E-state index contributed by atoms with van der Waals surface area (Å²) in [6, 6.07) is 0. The van der Waals surface area contributed by atoms with Crippen molar-refractivity contribution >= 4 is 5.97 Å². The minimum Gasteiger partial charge on any atom is -0.389 e. The van der Waals surface area contributed by atoms with Gasteiger partial charge in [0.25, 0.3) is 0 Å². The van der Waals surface area contributed by atoms with Crippen molar-refractivity contribution in [1.82, 2.24) is 0 Å². The number of carbonyl (C=O) groups excluding carboxylic acids is 1. The number of ether oxygens (including phenoxy) is 1. The van der Waals surface area contributed by atoms with E-state index >= 15 is 0 Å². The predicted molar refractivity (Wildman–Crippen MR) is 102 cm³/mol. The number of rotatable bonds is 0. The Morgan fingerprint density at radius 2 is 1.93 bits per heavy atom. The third-order valence-electron chi connectivity index (χ3n) is 11.0. The quantitative estimate of drug-likeness (QED) is 0.397. The van der Waals surface area contributed by atoms with Gasteiger partial charge in [0.15, 0.2) is 0 Å². The van der Waals surface area contributed by atoms with E-state index in [4.69, 9.17) is 4.74 Å². The minimum absolute atomic E-state index is 0.0540. The first kappa shape index (κ1) is 16.0. The van der Waals surface area contributed by atoms with E-state index < -0.39 is 0 Å². The molecule has 7 aliphatic rings. The SMILES string of the molecule is C[C@]12CCC(O)C=C1[C@@H]1C[C@@H]1[C@H]1[C@@H]3[C@@H]4C[C@@H]4[C@@]4(CCC(=[OH+])O4)[C@@]3(C)CC[C@@H]12. The summed E-state index contributed by atoms with van der Waals surface area (Å²) >= 11 is 0. The van der Waals surface area contributed by atoms with Gasteiger partial charge in [0, 0.05) is 17.8 Å². The molecule has 0 aromatic rings. The van der Waals surface area contributed by atoms with Gasteiger partial charge in [-0.2, -0.15) is 0 Å². The maximum Gasteiger partial charge on any atom is 0.483 e. The fourth-order valence-electron chi connectivity index (χ4n) is 9.91. The van der Waals surface area contributed by atoms with Crippen LogP contribution in [0.3, 0.4) is 0 Å². The van der Waals surface area contributed by atoms with Gasteiger partial charge in [0.1, 0.15) is 6.42 Å². The highest BCUT2D eigenvalue weighted by Crippen LogP contribution is 2.82. The topological polar surface area (TPSA) is 50.9 Å². The zero-order valence-corrected chi connectivity index (χ0v) is 16.7. The van der Waals surface area contributed by atoms with Crippen molar-refractivity contribution in [1.29, 1.82) is 0 Å². The molecule has 1 saturated heterocycles. The second-order valence-corrected chi connectivity index (χ2v) is 11.7. The van der Waals surface area contributed by atoms with Gasteiger partial charge in [0.05, 0.1) is 6.10 Å². The molecule has 2 N–H and O–H groups in total. The molecule has 0 aromatic carbocycles. The molecule has 1 aliphatic heterocycles. The Balaban J connectivity index is 1.33. The zero-order chi connectivity index (χ0) is 18.3. The molecule has 6 fully saturated rings. The van der Waals surface area contributed by atoms with Crippen LogP contribution in [0.5, 0.6) is 0 Å². The van der Waals surface area contributed by atoms with Crippen LogP contribution in [0.15, 0.2) is 11.6 Å². The molecule has 1 spiro atoms. The Bertz CT molecular complexity index is 786. The highest BCUT2D eigenvalue weighted by Gasteiger charge is 2.83. The van der Waals surface area contributed by atoms with E-state index in [0.29, 0.717) is 17.3 Å². The standard InChI is InChI=1S/C24H32O3/c1-22-6-3-12(25)9-17(22)13-10-14(13)20-16(22)4-7-23(2)21(20)15-11-18(15)24(23)8-5-19(26)27-24/h9,12-16,18,20-21,25H,3-8,10-11H2,1-2H3/p+1/t12?,13-,14+,15-,16+,18+,20-,21+,22-,23+,24+/m1/s1. The molecule has 3 nitrogen and oxygen atoms in total. The van der Waals surface area contributed by atoms with Crippen LogP contribution in [0.25, 0.3) is 0 Å².